The number of β-amino-alcohol motifs (C(OH)–C–C–N with tert-alkyl or cyclic N) is 1. The quantitative estimate of drug-likeness (QED) is 0.883. The Balaban J connectivity index is 1.98. The van der Waals surface area contributed by atoms with E-state index in [0.29, 0.717) is 31.7 Å². The van der Waals surface area contributed by atoms with Crippen molar-refractivity contribution in [1.82, 2.24) is 4.90 Å². The van der Waals surface area contributed by atoms with E-state index >= 15 is 0 Å². The zero-order chi connectivity index (χ0) is 13.2. The third-order valence-corrected chi connectivity index (χ3v) is 3.33. The number of likely N-dealkylation sites (tertiary alicyclic amines) is 1. The molecule has 0 atom stereocenters. The molecule has 0 bridgehead atoms. The monoisotopic (exact) mass is 249 g/mol. The molecule has 4 nitrogen and oxygen atoms in total. The lowest BCUT2D eigenvalue weighted by molar-refractivity contribution is -0.0826. The highest BCUT2D eigenvalue weighted by molar-refractivity contribution is 5.95. The van der Waals surface area contributed by atoms with Gasteiger partial charge in [0, 0.05) is 5.56 Å². The van der Waals surface area contributed by atoms with Gasteiger partial charge in [0.15, 0.2) is 0 Å². The minimum absolute atomic E-state index is 0.0313. The first kappa shape index (κ1) is 12.9. The summed E-state index contributed by atoms with van der Waals surface area (Å²) < 4.78 is 5.33. The molecule has 1 heterocycles. The summed E-state index contributed by atoms with van der Waals surface area (Å²) in [6.45, 7) is 5.32. The summed E-state index contributed by atoms with van der Waals surface area (Å²) in [5.74, 6) is 0.735. The van der Waals surface area contributed by atoms with Gasteiger partial charge in [-0.15, -0.1) is 0 Å². The molecule has 4 heteroatoms. The van der Waals surface area contributed by atoms with Gasteiger partial charge < -0.3 is 14.7 Å². The molecule has 0 aromatic heterocycles. The molecule has 0 saturated carbocycles. The van der Waals surface area contributed by atoms with Crippen molar-refractivity contribution in [2.75, 3.05) is 19.7 Å². The average Bonchev–Trinajstić information content (AvgIpc) is 2.35. The fourth-order valence-electron chi connectivity index (χ4n) is 2.07. The topological polar surface area (TPSA) is 49.8 Å². The molecule has 1 aliphatic heterocycles. The Morgan fingerprint density at radius 2 is 1.94 bits per heavy atom. The van der Waals surface area contributed by atoms with Crippen LogP contribution in [0.5, 0.6) is 5.75 Å². The number of carbonyl (C=O) groups excluding carboxylic acids is 1. The highest BCUT2D eigenvalue weighted by Crippen LogP contribution is 2.26. The summed E-state index contributed by atoms with van der Waals surface area (Å²) >= 11 is 0. The first-order valence-electron chi connectivity index (χ1n) is 6.32. The lowest BCUT2D eigenvalue weighted by Crippen LogP contribution is -2.63. The largest absolute Gasteiger partial charge is 0.494 e. The van der Waals surface area contributed by atoms with Crippen molar-refractivity contribution in [1.29, 1.82) is 0 Å². The SMILES string of the molecule is CCOc1ccc(C(=O)N2CC(O)(CC)C2)cc1. The van der Waals surface area contributed by atoms with Crippen LogP contribution in [-0.4, -0.2) is 41.2 Å². The third-order valence-electron chi connectivity index (χ3n) is 3.33. The molecule has 1 aliphatic rings. The number of ether oxygens (including phenoxy) is 1. The number of rotatable bonds is 4. The van der Waals surface area contributed by atoms with Crippen molar-refractivity contribution < 1.29 is 14.6 Å². The van der Waals surface area contributed by atoms with E-state index in [1.165, 1.54) is 0 Å². The van der Waals surface area contributed by atoms with E-state index in [-0.39, 0.29) is 5.91 Å². The standard InChI is InChI=1S/C14H19NO3/c1-3-14(17)9-15(10-14)13(16)11-5-7-12(8-6-11)18-4-2/h5-8,17H,3-4,9-10H2,1-2H3. The maximum Gasteiger partial charge on any atom is 0.254 e. The van der Waals surface area contributed by atoms with Gasteiger partial charge in [-0.05, 0) is 37.6 Å². The molecule has 1 fully saturated rings. The van der Waals surface area contributed by atoms with Crippen LogP contribution >= 0.6 is 0 Å². The molecular formula is C14H19NO3. The van der Waals surface area contributed by atoms with Crippen LogP contribution in [0.25, 0.3) is 0 Å². The van der Waals surface area contributed by atoms with E-state index in [0.717, 1.165) is 5.75 Å². The predicted octanol–water partition coefficient (Wildman–Crippen LogP) is 1.68. The molecular weight excluding hydrogens is 230 g/mol. The Kier molecular flexibility index (Phi) is 3.57. The van der Waals surface area contributed by atoms with Gasteiger partial charge in [-0.1, -0.05) is 6.92 Å². The second-order valence-corrected chi connectivity index (χ2v) is 4.70. The maximum absolute atomic E-state index is 12.1. The van der Waals surface area contributed by atoms with E-state index in [1.807, 2.05) is 13.8 Å². The Morgan fingerprint density at radius 3 is 2.44 bits per heavy atom. The van der Waals surface area contributed by atoms with Gasteiger partial charge in [-0.25, -0.2) is 0 Å². The zero-order valence-corrected chi connectivity index (χ0v) is 10.8. The summed E-state index contributed by atoms with van der Waals surface area (Å²) in [5.41, 5.74) is -0.0439. The number of nitrogens with zero attached hydrogens (tertiary/aromatic N) is 1. The van der Waals surface area contributed by atoms with Gasteiger partial charge in [0.1, 0.15) is 5.75 Å². The summed E-state index contributed by atoms with van der Waals surface area (Å²) in [7, 11) is 0. The van der Waals surface area contributed by atoms with E-state index in [9.17, 15) is 9.90 Å². The van der Waals surface area contributed by atoms with Crippen LogP contribution in [0.4, 0.5) is 0 Å². The third kappa shape index (κ3) is 2.48. The van der Waals surface area contributed by atoms with Gasteiger partial charge in [0.05, 0.1) is 25.3 Å². The normalized spacial score (nSPS) is 17.2. The number of hydrogen-bond donors (Lipinski definition) is 1. The van der Waals surface area contributed by atoms with Crippen molar-refractivity contribution >= 4 is 5.91 Å². The summed E-state index contributed by atoms with van der Waals surface area (Å²) in [6, 6.07) is 7.11. The van der Waals surface area contributed by atoms with Crippen LogP contribution in [-0.2, 0) is 0 Å². The first-order valence-corrected chi connectivity index (χ1v) is 6.32. The van der Waals surface area contributed by atoms with Crippen molar-refractivity contribution in [2.24, 2.45) is 0 Å². The van der Waals surface area contributed by atoms with E-state index < -0.39 is 5.60 Å². The second kappa shape index (κ2) is 4.98. The number of benzene rings is 1. The molecule has 0 unspecified atom stereocenters. The highest BCUT2D eigenvalue weighted by atomic mass is 16.5. The number of carbonyl (C=O) groups is 1. The molecule has 2 rings (SSSR count). The lowest BCUT2D eigenvalue weighted by atomic mass is 9.90. The van der Waals surface area contributed by atoms with E-state index in [2.05, 4.69) is 0 Å². The van der Waals surface area contributed by atoms with Crippen LogP contribution in [0.2, 0.25) is 0 Å². The second-order valence-electron chi connectivity index (χ2n) is 4.70. The minimum Gasteiger partial charge on any atom is -0.494 e. The van der Waals surface area contributed by atoms with E-state index in [1.54, 1.807) is 29.2 Å². The van der Waals surface area contributed by atoms with Crippen LogP contribution < -0.4 is 4.74 Å². The number of hydrogen-bond acceptors (Lipinski definition) is 3. The molecule has 1 aromatic rings. The van der Waals surface area contributed by atoms with Gasteiger partial charge in [0.2, 0.25) is 0 Å². The average molecular weight is 249 g/mol. The van der Waals surface area contributed by atoms with Crippen molar-refractivity contribution in [2.45, 2.75) is 25.9 Å². The van der Waals surface area contributed by atoms with Crippen molar-refractivity contribution in [3.63, 3.8) is 0 Å². The van der Waals surface area contributed by atoms with Crippen LogP contribution in [0.15, 0.2) is 24.3 Å². The van der Waals surface area contributed by atoms with Crippen molar-refractivity contribution in [3.05, 3.63) is 29.8 Å². The van der Waals surface area contributed by atoms with Crippen molar-refractivity contribution in [3.8, 4) is 5.75 Å². The highest BCUT2D eigenvalue weighted by Gasteiger charge is 2.42. The van der Waals surface area contributed by atoms with Crippen LogP contribution in [0.3, 0.4) is 0 Å². The predicted molar refractivity (Wildman–Crippen MR) is 68.8 cm³/mol. The van der Waals surface area contributed by atoms with Gasteiger partial charge in [-0.2, -0.15) is 0 Å². The maximum atomic E-state index is 12.1. The van der Waals surface area contributed by atoms with Crippen LogP contribution in [0.1, 0.15) is 30.6 Å². The smallest absolute Gasteiger partial charge is 0.254 e. The summed E-state index contributed by atoms with van der Waals surface area (Å²) in [4.78, 5) is 13.7. The number of aliphatic hydroxyl groups is 1. The number of amides is 1. The molecule has 1 amide bonds. The molecule has 0 spiro atoms. The molecule has 0 aliphatic carbocycles. The molecule has 98 valence electrons. The molecule has 0 radical (unpaired) electrons. The van der Waals surface area contributed by atoms with Gasteiger partial charge >= 0.3 is 0 Å². The lowest BCUT2D eigenvalue weighted by Gasteiger charge is -2.46. The first-order chi connectivity index (χ1) is 8.58. The van der Waals surface area contributed by atoms with Crippen LogP contribution in [0, 0.1) is 0 Å². The molecule has 1 aromatic carbocycles. The Hall–Kier alpha value is -1.55. The molecule has 1 N–H and O–H groups in total. The van der Waals surface area contributed by atoms with Gasteiger partial charge in [0.25, 0.3) is 5.91 Å². The minimum atomic E-state index is -0.680. The van der Waals surface area contributed by atoms with E-state index in [4.69, 9.17) is 4.74 Å². The Bertz CT molecular complexity index is 421. The summed E-state index contributed by atoms with van der Waals surface area (Å²) in [5, 5.41) is 9.89. The Morgan fingerprint density at radius 1 is 1.33 bits per heavy atom. The fraction of sp³-hybridized carbons (Fsp3) is 0.500. The fourth-order valence-corrected chi connectivity index (χ4v) is 2.07. The van der Waals surface area contributed by atoms with Gasteiger partial charge in [-0.3, -0.25) is 4.79 Å². The summed E-state index contributed by atoms with van der Waals surface area (Å²) in [6.07, 6.45) is 0.681. The molecule has 1 saturated heterocycles. The zero-order valence-electron chi connectivity index (χ0n) is 10.8. The Labute approximate surface area is 107 Å². The molecule has 18 heavy (non-hydrogen) atoms.